The maximum absolute atomic E-state index is 13.3. The first kappa shape index (κ1) is 16.9. The number of aliphatic carboxylic acids is 1. The number of alkyl halides is 3. The number of carbonyl (C=O) groups excluding carboxylic acids is 1. The van der Waals surface area contributed by atoms with Gasteiger partial charge in [-0.2, -0.15) is 13.2 Å². The summed E-state index contributed by atoms with van der Waals surface area (Å²) in [6.45, 7) is 3.04. The number of ether oxygens (including phenoxy) is 1. The molecule has 124 valence electrons. The largest absolute Gasteiger partial charge is 0.481 e. The number of para-hydroxylation sites is 1. The van der Waals surface area contributed by atoms with Crippen LogP contribution in [-0.2, 0) is 15.7 Å². The number of rotatable bonds is 3. The van der Waals surface area contributed by atoms with Gasteiger partial charge in [0.25, 0.3) is 0 Å². The summed E-state index contributed by atoms with van der Waals surface area (Å²) >= 11 is 0. The second kappa shape index (κ2) is 6.31. The van der Waals surface area contributed by atoms with Crippen molar-refractivity contribution in [2.24, 2.45) is 0 Å². The summed E-state index contributed by atoms with van der Waals surface area (Å²) in [7, 11) is 0. The van der Waals surface area contributed by atoms with Gasteiger partial charge in [0.05, 0.1) is 17.2 Å². The Bertz CT molecular complexity index is 642. The normalized spacial score (nSPS) is 17.3. The smallest absolute Gasteiger partial charge is 0.418 e. The topological polar surface area (TPSA) is 66.8 Å². The fourth-order valence-corrected chi connectivity index (χ4v) is 2.55. The number of hydrogen-bond donors (Lipinski definition) is 1. The van der Waals surface area contributed by atoms with E-state index in [0.717, 1.165) is 17.0 Å². The molecule has 1 unspecified atom stereocenters. The summed E-state index contributed by atoms with van der Waals surface area (Å²) in [5.41, 5.74) is -1.56. The van der Waals surface area contributed by atoms with Crippen molar-refractivity contribution in [3.63, 3.8) is 0 Å². The molecule has 0 saturated carbocycles. The molecule has 8 heteroatoms. The molecule has 1 aliphatic rings. The number of carboxylic acids is 1. The summed E-state index contributed by atoms with van der Waals surface area (Å²) in [6, 6.07) is 3.24. The lowest BCUT2D eigenvalue weighted by atomic mass is 9.88. The molecular formula is C15H14F3NO4. The molecule has 1 amide bonds. The fourth-order valence-electron chi connectivity index (χ4n) is 2.55. The minimum atomic E-state index is -4.72. The molecule has 1 aromatic rings. The van der Waals surface area contributed by atoms with Crippen LogP contribution in [0.5, 0.6) is 0 Å². The molecule has 0 radical (unpaired) electrons. The van der Waals surface area contributed by atoms with Gasteiger partial charge in [0, 0.05) is 6.54 Å². The molecular weight excluding hydrogens is 315 g/mol. The second-order valence-electron chi connectivity index (χ2n) is 4.94. The zero-order valence-corrected chi connectivity index (χ0v) is 12.0. The van der Waals surface area contributed by atoms with Crippen LogP contribution in [0, 0.1) is 0 Å². The quantitative estimate of drug-likeness (QED) is 0.863. The van der Waals surface area contributed by atoms with Crippen molar-refractivity contribution in [2.75, 3.05) is 18.1 Å². The number of halogens is 3. The Balaban J connectivity index is 2.56. The SMILES string of the molecule is C=CCOC(=O)N1CCC(C(=O)O)c2cccc(C(F)(F)F)c21. The first-order valence-electron chi connectivity index (χ1n) is 6.75. The third-order valence-electron chi connectivity index (χ3n) is 3.50. The summed E-state index contributed by atoms with van der Waals surface area (Å²) in [5, 5.41) is 9.22. The van der Waals surface area contributed by atoms with Crippen molar-refractivity contribution in [2.45, 2.75) is 18.5 Å². The van der Waals surface area contributed by atoms with Crippen molar-refractivity contribution in [1.29, 1.82) is 0 Å². The zero-order chi connectivity index (χ0) is 17.2. The molecule has 1 atom stereocenters. The number of hydrogen-bond acceptors (Lipinski definition) is 3. The van der Waals surface area contributed by atoms with Gasteiger partial charge in [0.2, 0.25) is 0 Å². The van der Waals surface area contributed by atoms with Crippen LogP contribution in [0.15, 0.2) is 30.9 Å². The highest BCUT2D eigenvalue weighted by molar-refractivity contribution is 5.93. The summed E-state index contributed by atoms with van der Waals surface area (Å²) in [5.74, 6) is -2.33. The van der Waals surface area contributed by atoms with E-state index in [-0.39, 0.29) is 25.1 Å². The van der Waals surface area contributed by atoms with Crippen molar-refractivity contribution >= 4 is 17.7 Å². The minimum Gasteiger partial charge on any atom is -0.481 e. The molecule has 0 spiro atoms. The second-order valence-corrected chi connectivity index (χ2v) is 4.94. The third-order valence-corrected chi connectivity index (χ3v) is 3.50. The molecule has 0 fully saturated rings. The monoisotopic (exact) mass is 329 g/mol. The maximum Gasteiger partial charge on any atom is 0.418 e. The zero-order valence-electron chi connectivity index (χ0n) is 12.0. The number of carbonyl (C=O) groups is 2. The summed E-state index contributed by atoms with van der Waals surface area (Å²) in [4.78, 5) is 24.1. The average Bonchev–Trinajstić information content (AvgIpc) is 2.49. The Morgan fingerprint density at radius 2 is 2.13 bits per heavy atom. The highest BCUT2D eigenvalue weighted by Crippen LogP contribution is 2.44. The van der Waals surface area contributed by atoms with E-state index in [1.807, 2.05) is 0 Å². The van der Waals surface area contributed by atoms with Gasteiger partial charge in [0.1, 0.15) is 6.61 Å². The molecule has 1 aliphatic heterocycles. The minimum absolute atomic E-state index is 0.00678. The van der Waals surface area contributed by atoms with Crippen molar-refractivity contribution in [1.82, 2.24) is 0 Å². The molecule has 23 heavy (non-hydrogen) atoms. The van der Waals surface area contributed by atoms with E-state index in [9.17, 15) is 27.9 Å². The van der Waals surface area contributed by atoms with Gasteiger partial charge in [-0.1, -0.05) is 24.8 Å². The van der Waals surface area contributed by atoms with Crippen LogP contribution in [0.2, 0.25) is 0 Å². The predicted octanol–water partition coefficient (Wildman–Crippen LogP) is 3.41. The molecule has 0 aliphatic carbocycles. The van der Waals surface area contributed by atoms with E-state index in [4.69, 9.17) is 4.74 Å². The molecule has 2 rings (SSSR count). The predicted molar refractivity (Wildman–Crippen MR) is 75.3 cm³/mol. The Morgan fingerprint density at radius 3 is 2.70 bits per heavy atom. The molecule has 0 bridgehead atoms. The molecule has 0 saturated heterocycles. The van der Waals surface area contributed by atoms with Gasteiger partial charge in [-0.15, -0.1) is 0 Å². The van der Waals surface area contributed by atoms with E-state index >= 15 is 0 Å². The first-order valence-corrected chi connectivity index (χ1v) is 6.75. The number of fused-ring (bicyclic) bond motifs is 1. The van der Waals surface area contributed by atoms with Crippen molar-refractivity contribution in [3.05, 3.63) is 42.0 Å². The van der Waals surface area contributed by atoms with E-state index in [1.54, 1.807) is 0 Å². The highest BCUT2D eigenvalue weighted by atomic mass is 19.4. The Kier molecular flexibility index (Phi) is 4.63. The first-order chi connectivity index (χ1) is 10.8. The van der Waals surface area contributed by atoms with Crippen LogP contribution in [0.4, 0.5) is 23.7 Å². The third kappa shape index (κ3) is 3.30. The van der Waals surface area contributed by atoms with E-state index < -0.39 is 35.4 Å². The van der Waals surface area contributed by atoms with Gasteiger partial charge >= 0.3 is 18.2 Å². The Labute approximate surface area is 130 Å². The number of carboxylic acid groups (broad SMARTS) is 1. The van der Waals surface area contributed by atoms with Gasteiger partial charge < -0.3 is 9.84 Å². The average molecular weight is 329 g/mol. The van der Waals surface area contributed by atoms with E-state index in [0.29, 0.717) is 0 Å². The van der Waals surface area contributed by atoms with Gasteiger partial charge in [-0.05, 0) is 18.1 Å². The van der Waals surface area contributed by atoms with Crippen LogP contribution in [0.3, 0.4) is 0 Å². The van der Waals surface area contributed by atoms with E-state index in [2.05, 4.69) is 6.58 Å². The van der Waals surface area contributed by atoms with Gasteiger partial charge in [-0.25, -0.2) is 4.79 Å². The number of benzene rings is 1. The number of nitrogens with zero attached hydrogens (tertiary/aromatic N) is 1. The van der Waals surface area contributed by atoms with Gasteiger partial charge in [0.15, 0.2) is 0 Å². The maximum atomic E-state index is 13.3. The van der Waals surface area contributed by atoms with Crippen LogP contribution in [0.25, 0.3) is 0 Å². The van der Waals surface area contributed by atoms with E-state index in [1.165, 1.54) is 12.1 Å². The molecule has 0 aromatic heterocycles. The van der Waals surface area contributed by atoms with Gasteiger partial charge in [-0.3, -0.25) is 9.69 Å². The lowest BCUT2D eigenvalue weighted by Gasteiger charge is -2.34. The number of anilines is 1. The fraction of sp³-hybridized carbons (Fsp3) is 0.333. The van der Waals surface area contributed by atoms with Crippen LogP contribution in [0.1, 0.15) is 23.5 Å². The van der Waals surface area contributed by atoms with Crippen molar-refractivity contribution in [3.8, 4) is 0 Å². The van der Waals surface area contributed by atoms with Crippen LogP contribution >= 0.6 is 0 Å². The van der Waals surface area contributed by atoms with Crippen molar-refractivity contribution < 1.29 is 32.6 Å². The Hall–Kier alpha value is -2.51. The standard InChI is InChI=1S/C15H14F3NO4/c1-2-8-23-14(22)19-7-6-10(13(20)21)9-4-3-5-11(12(9)19)15(16,17)18/h2-5,10H,1,6-8H2,(H,20,21). The molecule has 1 aromatic carbocycles. The highest BCUT2D eigenvalue weighted by Gasteiger charge is 2.42. The summed E-state index contributed by atoms with van der Waals surface area (Å²) < 4.78 is 44.6. The molecule has 5 nitrogen and oxygen atoms in total. The van der Waals surface area contributed by atoms with Crippen LogP contribution in [-0.4, -0.2) is 30.3 Å². The number of amides is 1. The molecule has 1 N–H and O–H groups in total. The Morgan fingerprint density at radius 1 is 1.43 bits per heavy atom. The van der Waals surface area contributed by atoms with Crippen LogP contribution < -0.4 is 4.90 Å². The summed E-state index contributed by atoms with van der Waals surface area (Å²) in [6.07, 6.45) is -4.39. The molecule has 1 heterocycles. The lowest BCUT2D eigenvalue weighted by molar-refractivity contribution is -0.140. The lowest BCUT2D eigenvalue weighted by Crippen LogP contribution is -2.40.